The summed E-state index contributed by atoms with van der Waals surface area (Å²) in [5, 5.41) is 19.0. The van der Waals surface area contributed by atoms with Crippen LogP contribution >= 0.6 is 34.7 Å². The molecule has 0 spiro atoms. The predicted molar refractivity (Wildman–Crippen MR) is 95.6 cm³/mol. The molecule has 138 valence electrons. The maximum Gasteiger partial charge on any atom is 0.418 e. The lowest BCUT2D eigenvalue weighted by atomic mass is 10.2. The molecule has 0 saturated carbocycles. The van der Waals surface area contributed by atoms with Crippen molar-refractivity contribution in [2.75, 3.05) is 0 Å². The minimum Gasteiger partial charge on any atom is -0.260 e. The molecule has 0 saturated heterocycles. The van der Waals surface area contributed by atoms with Crippen LogP contribution in [-0.2, 0) is 6.18 Å². The zero-order valence-corrected chi connectivity index (χ0v) is 15.3. The van der Waals surface area contributed by atoms with Gasteiger partial charge in [-0.2, -0.15) is 13.2 Å². The number of rotatable bonds is 3. The van der Waals surface area contributed by atoms with Crippen LogP contribution < -0.4 is 0 Å². The number of halogens is 4. The van der Waals surface area contributed by atoms with Gasteiger partial charge >= 0.3 is 6.18 Å². The molecule has 2 aromatic heterocycles. The van der Waals surface area contributed by atoms with Crippen molar-refractivity contribution in [3.8, 4) is 0 Å². The van der Waals surface area contributed by atoms with Gasteiger partial charge in [-0.05, 0) is 30.0 Å². The van der Waals surface area contributed by atoms with Crippen molar-refractivity contribution < 1.29 is 18.1 Å². The average Bonchev–Trinajstić information content (AvgIpc) is 3.13. The summed E-state index contributed by atoms with van der Waals surface area (Å²) in [4.78, 5) is 10.9. The van der Waals surface area contributed by atoms with Crippen molar-refractivity contribution in [3.63, 3.8) is 0 Å². The van der Waals surface area contributed by atoms with Gasteiger partial charge in [-0.25, -0.2) is 0 Å². The van der Waals surface area contributed by atoms with E-state index in [0.29, 0.717) is 16.2 Å². The van der Waals surface area contributed by atoms with Gasteiger partial charge in [0.05, 0.1) is 30.6 Å². The third kappa shape index (κ3) is 3.11. The molecule has 12 heteroatoms. The lowest BCUT2D eigenvalue weighted by Gasteiger charge is -2.10. The Labute approximate surface area is 161 Å². The summed E-state index contributed by atoms with van der Waals surface area (Å²) in [6.07, 6.45) is -4.79. The van der Waals surface area contributed by atoms with E-state index >= 15 is 0 Å². The summed E-state index contributed by atoms with van der Waals surface area (Å²) in [5.41, 5.74) is -1.16. The van der Waals surface area contributed by atoms with Crippen LogP contribution in [-0.4, -0.2) is 19.5 Å². The number of nitro benzene ring substituents is 1. The van der Waals surface area contributed by atoms with E-state index < -0.39 is 27.4 Å². The number of hydrogen-bond donors (Lipinski definition) is 0. The quantitative estimate of drug-likeness (QED) is 0.309. The van der Waals surface area contributed by atoms with Gasteiger partial charge in [0.1, 0.15) is 0 Å². The van der Waals surface area contributed by atoms with E-state index in [0.717, 1.165) is 28.0 Å². The smallest absolute Gasteiger partial charge is 0.260 e. The lowest BCUT2D eigenvalue weighted by Crippen LogP contribution is -2.07. The standard InChI is InChI=1S/C15H6ClF3N4O2S2/c16-8-6-12(10(23(24)25)5-7(8)15(17,18)19)27-14-21-20-13-22(14)9-3-1-2-4-11(9)26-13/h1-6H. The highest BCUT2D eigenvalue weighted by Gasteiger charge is 2.36. The van der Waals surface area contributed by atoms with Crippen LogP contribution in [0.5, 0.6) is 0 Å². The minimum atomic E-state index is -4.79. The number of fused-ring (bicyclic) bond motifs is 3. The predicted octanol–water partition coefficient (Wildman–Crippen LogP) is 5.68. The van der Waals surface area contributed by atoms with Crippen LogP contribution in [0.1, 0.15) is 5.56 Å². The number of benzene rings is 2. The topological polar surface area (TPSA) is 73.3 Å². The van der Waals surface area contributed by atoms with Gasteiger partial charge in [0.25, 0.3) is 5.69 Å². The molecule has 0 atom stereocenters. The Morgan fingerprint density at radius 1 is 1.22 bits per heavy atom. The molecule has 0 N–H and O–H groups in total. The second-order valence-corrected chi connectivity index (χ2v) is 7.75. The van der Waals surface area contributed by atoms with Gasteiger partial charge in [-0.15, -0.1) is 10.2 Å². The Hall–Kier alpha value is -2.37. The van der Waals surface area contributed by atoms with Crippen LogP contribution in [0.25, 0.3) is 15.2 Å². The fourth-order valence-electron chi connectivity index (χ4n) is 2.51. The van der Waals surface area contributed by atoms with Crippen LogP contribution in [0, 0.1) is 10.1 Å². The normalized spacial score (nSPS) is 12.1. The molecule has 0 radical (unpaired) electrons. The molecule has 0 fully saturated rings. The van der Waals surface area contributed by atoms with Crippen LogP contribution in [0.2, 0.25) is 5.02 Å². The van der Waals surface area contributed by atoms with Crippen molar-refractivity contribution in [3.05, 3.63) is 57.1 Å². The second kappa shape index (κ2) is 6.36. The highest BCUT2D eigenvalue weighted by molar-refractivity contribution is 7.99. The zero-order chi connectivity index (χ0) is 19.3. The van der Waals surface area contributed by atoms with Gasteiger partial charge in [-0.3, -0.25) is 14.5 Å². The third-order valence-electron chi connectivity index (χ3n) is 3.66. The number of para-hydroxylation sites is 1. The van der Waals surface area contributed by atoms with Crippen molar-refractivity contribution in [2.45, 2.75) is 16.2 Å². The molecule has 0 aliphatic heterocycles. The monoisotopic (exact) mass is 430 g/mol. The number of alkyl halides is 3. The van der Waals surface area contributed by atoms with Crippen LogP contribution in [0.4, 0.5) is 18.9 Å². The maximum absolute atomic E-state index is 13.0. The van der Waals surface area contributed by atoms with E-state index in [-0.39, 0.29) is 4.90 Å². The Bertz CT molecular complexity index is 1210. The van der Waals surface area contributed by atoms with E-state index in [9.17, 15) is 23.3 Å². The SMILES string of the molecule is O=[N+]([O-])c1cc(C(F)(F)F)c(Cl)cc1Sc1nnc2sc3ccccc3n12. The number of nitro groups is 1. The zero-order valence-electron chi connectivity index (χ0n) is 12.9. The lowest BCUT2D eigenvalue weighted by molar-refractivity contribution is -0.388. The molecule has 2 aromatic carbocycles. The van der Waals surface area contributed by atoms with Crippen molar-refractivity contribution in [2.24, 2.45) is 0 Å². The Balaban J connectivity index is 1.86. The van der Waals surface area contributed by atoms with Crippen LogP contribution in [0.3, 0.4) is 0 Å². The number of aromatic nitrogens is 3. The summed E-state index contributed by atoms with van der Waals surface area (Å²) in [6, 6.07) is 8.78. The first-order chi connectivity index (χ1) is 12.8. The molecule has 0 aliphatic carbocycles. The first kappa shape index (κ1) is 18.0. The Morgan fingerprint density at radius 3 is 2.67 bits per heavy atom. The molecule has 6 nitrogen and oxygen atoms in total. The Kier molecular flexibility index (Phi) is 4.24. The van der Waals surface area contributed by atoms with E-state index in [1.165, 1.54) is 11.3 Å². The molecular weight excluding hydrogens is 425 g/mol. The Morgan fingerprint density at radius 2 is 1.96 bits per heavy atom. The molecule has 4 aromatic rings. The van der Waals surface area contributed by atoms with Gasteiger partial charge in [0.15, 0.2) is 0 Å². The third-order valence-corrected chi connectivity index (χ3v) is 5.98. The van der Waals surface area contributed by atoms with Crippen LogP contribution in [0.15, 0.2) is 46.5 Å². The number of hydrogen-bond acceptors (Lipinski definition) is 6. The fourth-order valence-corrected chi connectivity index (χ4v) is 4.83. The summed E-state index contributed by atoms with van der Waals surface area (Å²) in [6.45, 7) is 0. The molecule has 27 heavy (non-hydrogen) atoms. The molecular formula is C15H6ClF3N4O2S2. The van der Waals surface area contributed by atoms with Gasteiger partial charge < -0.3 is 0 Å². The second-order valence-electron chi connectivity index (χ2n) is 5.33. The number of thiazole rings is 1. The van der Waals surface area contributed by atoms with E-state index in [1.807, 2.05) is 24.3 Å². The molecule has 0 amide bonds. The van der Waals surface area contributed by atoms with Crippen molar-refractivity contribution in [1.29, 1.82) is 0 Å². The highest BCUT2D eigenvalue weighted by atomic mass is 35.5. The van der Waals surface area contributed by atoms with E-state index in [4.69, 9.17) is 11.6 Å². The highest BCUT2D eigenvalue weighted by Crippen LogP contribution is 2.43. The first-order valence-corrected chi connectivity index (χ1v) is 9.22. The summed E-state index contributed by atoms with van der Waals surface area (Å²) in [5.74, 6) is 0. The first-order valence-electron chi connectivity index (χ1n) is 7.21. The van der Waals surface area contributed by atoms with Gasteiger partial charge in [-0.1, -0.05) is 35.1 Å². The minimum absolute atomic E-state index is 0.0532. The average molecular weight is 431 g/mol. The van der Waals surface area contributed by atoms with Gasteiger partial charge in [0, 0.05) is 6.07 Å². The summed E-state index contributed by atoms with van der Waals surface area (Å²) < 4.78 is 41.6. The summed E-state index contributed by atoms with van der Waals surface area (Å²) >= 11 is 7.94. The molecule has 0 unspecified atom stereocenters. The van der Waals surface area contributed by atoms with Crippen molar-refractivity contribution in [1.82, 2.24) is 14.6 Å². The summed E-state index contributed by atoms with van der Waals surface area (Å²) in [7, 11) is 0. The fraction of sp³-hybridized carbons (Fsp3) is 0.0667. The van der Waals surface area contributed by atoms with E-state index in [1.54, 1.807) is 4.40 Å². The molecule has 0 aliphatic rings. The molecule has 4 rings (SSSR count). The maximum atomic E-state index is 13.0. The largest absolute Gasteiger partial charge is 0.418 e. The van der Waals surface area contributed by atoms with E-state index in [2.05, 4.69) is 10.2 Å². The number of nitrogens with zero attached hydrogens (tertiary/aromatic N) is 4. The van der Waals surface area contributed by atoms with Crippen molar-refractivity contribution >= 4 is 55.6 Å². The van der Waals surface area contributed by atoms with Gasteiger partial charge in [0.2, 0.25) is 10.1 Å². The molecule has 0 bridgehead atoms. The molecule has 2 heterocycles.